The molecule has 0 saturated heterocycles. The molecule has 1 unspecified atom stereocenters. The first-order chi connectivity index (χ1) is 14.6. The summed E-state index contributed by atoms with van der Waals surface area (Å²) in [6.45, 7) is -0.194. The number of rotatable bonds is 7. The minimum Gasteiger partial charge on any atom is -0.396 e. The van der Waals surface area contributed by atoms with Gasteiger partial charge in [0, 0.05) is 34.9 Å². The van der Waals surface area contributed by atoms with Gasteiger partial charge in [0.05, 0.1) is 6.61 Å². The predicted octanol–water partition coefficient (Wildman–Crippen LogP) is 4.24. The number of hydrogen-bond acceptors (Lipinski definition) is 2. The number of aromatic amines is 1. The fourth-order valence-corrected chi connectivity index (χ4v) is 4.57. The van der Waals surface area contributed by atoms with Crippen molar-refractivity contribution in [2.75, 3.05) is 6.61 Å². The third kappa shape index (κ3) is 3.37. The Labute approximate surface area is 174 Å². The van der Waals surface area contributed by atoms with Gasteiger partial charge >= 0.3 is 0 Å². The Balaban J connectivity index is 2.08. The summed E-state index contributed by atoms with van der Waals surface area (Å²) in [5.41, 5.74) is 7.99. The van der Waals surface area contributed by atoms with Crippen LogP contribution in [0.25, 0.3) is 10.9 Å². The summed E-state index contributed by atoms with van der Waals surface area (Å²) < 4.78 is 13.8. The quantitative estimate of drug-likeness (QED) is 0.432. The van der Waals surface area contributed by atoms with Crippen LogP contribution in [0.2, 0.25) is 0 Å². The molecule has 1 aromatic heterocycles. The molecule has 0 aliphatic carbocycles. The molecule has 0 spiro atoms. The van der Waals surface area contributed by atoms with E-state index < -0.39 is 17.2 Å². The van der Waals surface area contributed by atoms with Gasteiger partial charge < -0.3 is 15.8 Å². The number of fused-ring (bicyclic) bond motifs is 1. The van der Waals surface area contributed by atoms with E-state index in [1.54, 1.807) is 12.3 Å². The molecule has 0 aliphatic rings. The molecule has 5 heteroatoms. The van der Waals surface area contributed by atoms with Crippen molar-refractivity contribution in [2.24, 2.45) is 5.73 Å². The summed E-state index contributed by atoms with van der Waals surface area (Å²) in [7, 11) is 0. The van der Waals surface area contributed by atoms with Crippen LogP contribution in [-0.4, -0.2) is 22.6 Å². The maximum absolute atomic E-state index is 13.8. The zero-order valence-corrected chi connectivity index (χ0v) is 16.4. The number of benzene rings is 3. The van der Waals surface area contributed by atoms with Crippen LogP contribution in [0.15, 0.2) is 85.1 Å². The number of carbonyl (C=O) groups excluding carboxylic acids is 1. The van der Waals surface area contributed by atoms with Crippen LogP contribution in [0.1, 0.15) is 29.0 Å². The Morgan fingerprint density at radius 3 is 2.33 bits per heavy atom. The van der Waals surface area contributed by atoms with E-state index in [9.17, 15) is 14.3 Å². The van der Waals surface area contributed by atoms with Crippen molar-refractivity contribution in [1.82, 2.24) is 4.98 Å². The van der Waals surface area contributed by atoms with Gasteiger partial charge in [0.15, 0.2) is 0 Å². The number of carbonyl (C=O) groups is 1. The number of hydrogen-bond donors (Lipinski definition) is 3. The Morgan fingerprint density at radius 2 is 1.70 bits per heavy atom. The van der Waals surface area contributed by atoms with E-state index in [1.165, 1.54) is 12.1 Å². The Morgan fingerprint density at radius 1 is 1.03 bits per heavy atom. The molecule has 4 N–H and O–H groups in total. The highest BCUT2D eigenvalue weighted by molar-refractivity contribution is 5.87. The molecule has 30 heavy (non-hydrogen) atoms. The number of aliphatic hydroxyl groups is 1. The van der Waals surface area contributed by atoms with Gasteiger partial charge in [0.25, 0.3) is 0 Å². The first kappa shape index (κ1) is 19.9. The van der Waals surface area contributed by atoms with E-state index in [-0.39, 0.29) is 18.8 Å². The lowest BCUT2D eigenvalue weighted by atomic mass is 9.61. The third-order valence-electron chi connectivity index (χ3n) is 5.85. The topological polar surface area (TPSA) is 79.1 Å². The van der Waals surface area contributed by atoms with Gasteiger partial charge in [-0.3, -0.25) is 4.79 Å². The van der Waals surface area contributed by atoms with E-state index in [0.29, 0.717) is 5.52 Å². The summed E-state index contributed by atoms with van der Waals surface area (Å²) >= 11 is 0. The zero-order valence-electron chi connectivity index (χ0n) is 16.4. The van der Waals surface area contributed by atoms with Crippen LogP contribution in [0.3, 0.4) is 0 Å². The highest BCUT2D eigenvalue weighted by atomic mass is 19.1. The molecule has 0 aliphatic heterocycles. The predicted molar refractivity (Wildman–Crippen MR) is 116 cm³/mol. The Kier molecular flexibility index (Phi) is 5.38. The summed E-state index contributed by atoms with van der Waals surface area (Å²) in [6, 6.07) is 23.7. The smallest absolute Gasteiger partial charge is 0.218 e. The summed E-state index contributed by atoms with van der Waals surface area (Å²) in [4.78, 5) is 15.5. The lowest BCUT2D eigenvalue weighted by molar-refractivity contribution is -0.119. The zero-order chi connectivity index (χ0) is 21.1. The fraction of sp³-hybridized carbons (Fsp3) is 0.160. The van der Waals surface area contributed by atoms with Crippen LogP contribution in [0.4, 0.5) is 4.39 Å². The molecular formula is C25H23FN2O2. The van der Waals surface area contributed by atoms with E-state index in [2.05, 4.69) is 4.98 Å². The number of primary amides is 1. The molecule has 4 aromatic rings. The summed E-state index contributed by atoms with van der Waals surface area (Å²) in [6.07, 6.45) is 1.78. The normalized spacial score (nSPS) is 14.3. The van der Waals surface area contributed by atoms with E-state index in [1.807, 2.05) is 60.7 Å². The molecule has 4 nitrogen and oxygen atoms in total. The molecule has 4 rings (SSSR count). The van der Waals surface area contributed by atoms with Crippen molar-refractivity contribution in [1.29, 1.82) is 0 Å². The van der Waals surface area contributed by atoms with Gasteiger partial charge in [-0.15, -0.1) is 0 Å². The SMILES string of the molecule is NC(=O)CC(c1ccccc1)(c1c[nH]c2cc(F)ccc12)[C@H](CO)c1ccccc1. The number of aromatic nitrogens is 1. The molecule has 0 fully saturated rings. The van der Waals surface area contributed by atoms with E-state index >= 15 is 0 Å². The monoisotopic (exact) mass is 402 g/mol. The second-order valence-corrected chi connectivity index (χ2v) is 7.52. The number of halogens is 1. The van der Waals surface area contributed by atoms with E-state index in [4.69, 9.17) is 5.73 Å². The number of H-pyrrole nitrogens is 1. The van der Waals surface area contributed by atoms with Gasteiger partial charge in [-0.2, -0.15) is 0 Å². The molecule has 1 amide bonds. The van der Waals surface area contributed by atoms with Crippen molar-refractivity contribution < 1.29 is 14.3 Å². The van der Waals surface area contributed by atoms with Gasteiger partial charge in [-0.25, -0.2) is 4.39 Å². The maximum Gasteiger partial charge on any atom is 0.218 e. The van der Waals surface area contributed by atoms with Crippen LogP contribution in [-0.2, 0) is 10.2 Å². The lowest BCUT2D eigenvalue weighted by Crippen LogP contribution is -2.40. The van der Waals surface area contributed by atoms with Crippen LogP contribution < -0.4 is 5.73 Å². The largest absolute Gasteiger partial charge is 0.396 e. The standard InChI is InChI=1S/C25H23FN2O2/c26-19-11-12-20-21(15-28-23(20)13-19)25(14-24(27)30,18-9-5-2-6-10-18)22(16-29)17-7-3-1-4-8-17/h1-13,15,22,28-29H,14,16H2,(H2,27,30)/t22-,25?/m1/s1. The molecular weight excluding hydrogens is 379 g/mol. The van der Waals surface area contributed by atoms with Crippen molar-refractivity contribution in [2.45, 2.75) is 17.8 Å². The molecule has 0 saturated carbocycles. The summed E-state index contributed by atoms with van der Waals surface area (Å²) in [5.74, 6) is -1.28. The van der Waals surface area contributed by atoms with Crippen molar-refractivity contribution in [3.8, 4) is 0 Å². The minimum absolute atomic E-state index is 0.0124. The molecule has 0 radical (unpaired) electrons. The van der Waals surface area contributed by atoms with Crippen LogP contribution >= 0.6 is 0 Å². The molecule has 2 atom stereocenters. The van der Waals surface area contributed by atoms with Gasteiger partial charge in [-0.05, 0) is 34.9 Å². The highest BCUT2D eigenvalue weighted by Crippen LogP contribution is 2.49. The number of nitrogens with two attached hydrogens (primary N) is 1. The molecule has 3 aromatic carbocycles. The maximum atomic E-state index is 13.8. The number of nitrogens with one attached hydrogen (secondary N) is 1. The van der Waals surface area contributed by atoms with Crippen LogP contribution in [0, 0.1) is 5.82 Å². The first-order valence-electron chi connectivity index (χ1n) is 9.83. The van der Waals surface area contributed by atoms with Crippen molar-refractivity contribution >= 4 is 16.8 Å². The average Bonchev–Trinajstić information content (AvgIpc) is 3.18. The molecule has 1 heterocycles. The van der Waals surface area contributed by atoms with Crippen LogP contribution in [0.5, 0.6) is 0 Å². The third-order valence-corrected chi connectivity index (χ3v) is 5.85. The first-order valence-corrected chi connectivity index (χ1v) is 9.83. The van der Waals surface area contributed by atoms with Gasteiger partial charge in [-0.1, -0.05) is 60.7 Å². The second kappa shape index (κ2) is 8.13. The number of aliphatic hydroxyl groups excluding tert-OH is 1. The number of amides is 1. The average molecular weight is 402 g/mol. The van der Waals surface area contributed by atoms with Crippen molar-refractivity contribution in [3.05, 3.63) is 108 Å². The fourth-order valence-electron chi connectivity index (χ4n) is 4.57. The Hall–Kier alpha value is -3.44. The minimum atomic E-state index is -0.945. The van der Waals surface area contributed by atoms with Crippen molar-refractivity contribution in [3.63, 3.8) is 0 Å². The second-order valence-electron chi connectivity index (χ2n) is 7.52. The van der Waals surface area contributed by atoms with E-state index in [0.717, 1.165) is 22.1 Å². The highest BCUT2D eigenvalue weighted by Gasteiger charge is 2.45. The molecule has 0 bridgehead atoms. The Bertz CT molecular complexity index is 1160. The van der Waals surface area contributed by atoms with Gasteiger partial charge in [0.2, 0.25) is 5.91 Å². The van der Waals surface area contributed by atoms with Gasteiger partial charge in [0.1, 0.15) is 5.82 Å². The molecule has 152 valence electrons. The lowest BCUT2D eigenvalue weighted by Gasteiger charge is -2.40. The summed E-state index contributed by atoms with van der Waals surface area (Å²) in [5, 5.41) is 11.4.